The molecular formula is C11H15NO5. The molecule has 1 aliphatic rings. The molecule has 5 N–H and O–H groups in total. The van der Waals surface area contributed by atoms with Gasteiger partial charge in [0, 0.05) is 0 Å². The Bertz CT molecular complexity index is 386. The minimum absolute atomic E-state index is 0.363. The van der Waals surface area contributed by atoms with Crippen LogP contribution in [0.5, 0.6) is 5.75 Å². The molecule has 6 heteroatoms. The van der Waals surface area contributed by atoms with Crippen molar-refractivity contribution < 1.29 is 24.8 Å². The van der Waals surface area contributed by atoms with E-state index in [-0.39, 0.29) is 6.61 Å². The Morgan fingerprint density at radius 3 is 2.53 bits per heavy atom. The second kappa shape index (κ2) is 4.89. The first kappa shape index (κ1) is 12.1. The van der Waals surface area contributed by atoms with Crippen LogP contribution in [0.25, 0.3) is 0 Å². The molecule has 1 aromatic rings. The maximum atomic E-state index is 9.66. The van der Waals surface area contributed by atoms with Crippen LogP contribution < -0.4 is 10.5 Å². The van der Waals surface area contributed by atoms with Gasteiger partial charge in [-0.1, -0.05) is 12.1 Å². The Hall–Kier alpha value is -1.34. The van der Waals surface area contributed by atoms with Gasteiger partial charge in [-0.3, -0.25) is 0 Å². The molecule has 0 amide bonds. The van der Waals surface area contributed by atoms with Crippen LogP contribution in [0.15, 0.2) is 24.3 Å². The van der Waals surface area contributed by atoms with Gasteiger partial charge in [-0.15, -0.1) is 0 Å². The summed E-state index contributed by atoms with van der Waals surface area (Å²) in [5, 5.41) is 28.1. The van der Waals surface area contributed by atoms with E-state index in [0.29, 0.717) is 11.4 Å². The Labute approximate surface area is 98.2 Å². The molecule has 0 bridgehead atoms. The van der Waals surface area contributed by atoms with Gasteiger partial charge in [0.05, 0.1) is 12.3 Å². The molecule has 1 aliphatic heterocycles. The molecular weight excluding hydrogens is 226 g/mol. The number of nitrogens with two attached hydrogens (primary N) is 1. The Morgan fingerprint density at radius 1 is 1.24 bits per heavy atom. The molecule has 1 fully saturated rings. The van der Waals surface area contributed by atoms with E-state index in [1.54, 1.807) is 24.3 Å². The first-order valence-corrected chi connectivity index (χ1v) is 5.27. The third kappa shape index (κ3) is 2.34. The van der Waals surface area contributed by atoms with Gasteiger partial charge >= 0.3 is 0 Å². The number of hydrogen-bond acceptors (Lipinski definition) is 6. The summed E-state index contributed by atoms with van der Waals surface area (Å²) in [4.78, 5) is 0. The fraction of sp³-hybridized carbons (Fsp3) is 0.455. The number of ether oxygens (including phenoxy) is 2. The molecule has 0 radical (unpaired) electrons. The van der Waals surface area contributed by atoms with Gasteiger partial charge in [0.2, 0.25) is 6.29 Å². The highest BCUT2D eigenvalue weighted by molar-refractivity contribution is 5.51. The maximum Gasteiger partial charge on any atom is 0.229 e. The second-order valence-corrected chi connectivity index (χ2v) is 3.86. The summed E-state index contributed by atoms with van der Waals surface area (Å²) in [5.41, 5.74) is 6.08. The number of hydrogen-bond donors (Lipinski definition) is 4. The fourth-order valence-electron chi connectivity index (χ4n) is 1.68. The van der Waals surface area contributed by atoms with E-state index in [9.17, 15) is 10.2 Å². The van der Waals surface area contributed by atoms with Gasteiger partial charge in [0.1, 0.15) is 24.1 Å². The molecule has 1 heterocycles. The normalized spacial score (nSPS) is 32.6. The summed E-state index contributed by atoms with van der Waals surface area (Å²) >= 11 is 0. The van der Waals surface area contributed by atoms with Crippen LogP contribution in [0.3, 0.4) is 0 Å². The lowest BCUT2D eigenvalue weighted by Gasteiger charge is -2.17. The van der Waals surface area contributed by atoms with Crippen molar-refractivity contribution in [2.24, 2.45) is 0 Å². The predicted molar refractivity (Wildman–Crippen MR) is 59.2 cm³/mol. The fourth-order valence-corrected chi connectivity index (χ4v) is 1.68. The summed E-state index contributed by atoms with van der Waals surface area (Å²) in [6, 6.07) is 6.76. The van der Waals surface area contributed by atoms with Crippen molar-refractivity contribution in [2.75, 3.05) is 12.3 Å². The van der Waals surface area contributed by atoms with Crippen molar-refractivity contribution in [1.82, 2.24) is 0 Å². The minimum atomic E-state index is -1.22. The predicted octanol–water partition coefficient (Wildman–Crippen LogP) is -0.913. The molecule has 1 aromatic carbocycles. The number of para-hydroxylation sites is 2. The van der Waals surface area contributed by atoms with Crippen LogP contribution >= 0.6 is 0 Å². The lowest BCUT2D eigenvalue weighted by molar-refractivity contribution is -0.116. The Balaban J connectivity index is 2.08. The summed E-state index contributed by atoms with van der Waals surface area (Å²) in [6.45, 7) is -0.387. The molecule has 4 atom stereocenters. The summed E-state index contributed by atoms with van der Waals surface area (Å²) in [6.07, 6.45) is -4.27. The van der Waals surface area contributed by atoms with E-state index < -0.39 is 24.6 Å². The van der Waals surface area contributed by atoms with Crippen LogP contribution in [0.2, 0.25) is 0 Å². The van der Waals surface area contributed by atoms with E-state index in [1.165, 1.54) is 0 Å². The van der Waals surface area contributed by atoms with Crippen molar-refractivity contribution in [3.05, 3.63) is 24.3 Å². The summed E-state index contributed by atoms with van der Waals surface area (Å²) in [5.74, 6) is 0.363. The molecule has 6 nitrogen and oxygen atoms in total. The lowest BCUT2D eigenvalue weighted by atomic mass is 10.1. The molecule has 0 spiro atoms. The van der Waals surface area contributed by atoms with Crippen LogP contribution in [-0.2, 0) is 4.74 Å². The van der Waals surface area contributed by atoms with Crippen molar-refractivity contribution >= 4 is 5.69 Å². The Morgan fingerprint density at radius 2 is 1.94 bits per heavy atom. The smallest absolute Gasteiger partial charge is 0.229 e. The molecule has 0 aromatic heterocycles. The van der Waals surface area contributed by atoms with Crippen molar-refractivity contribution in [1.29, 1.82) is 0 Å². The van der Waals surface area contributed by atoms with Gasteiger partial charge in [-0.05, 0) is 12.1 Å². The highest BCUT2D eigenvalue weighted by Gasteiger charge is 2.44. The number of nitrogen functional groups attached to an aromatic ring is 1. The van der Waals surface area contributed by atoms with Gasteiger partial charge in [-0.25, -0.2) is 0 Å². The zero-order chi connectivity index (χ0) is 12.4. The number of aliphatic hydroxyl groups is 3. The monoisotopic (exact) mass is 241 g/mol. The largest absolute Gasteiger partial charge is 0.460 e. The first-order chi connectivity index (χ1) is 8.13. The SMILES string of the molecule is Nc1ccccc1O[C@@H]1O[C@H](CO)[C@@H](O)[C@H]1O. The highest BCUT2D eigenvalue weighted by atomic mass is 16.7. The molecule has 17 heavy (non-hydrogen) atoms. The Kier molecular flexibility index (Phi) is 3.49. The zero-order valence-electron chi connectivity index (χ0n) is 9.06. The van der Waals surface area contributed by atoms with Crippen LogP contribution in [-0.4, -0.2) is 46.5 Å². The average Bonchev–Trinajstić information content (AvgIpc) is 2.60. The highest BCUT2D eigenvalue weighted by Crippen LogP contribution is 2.27. The van der Waals surface area contributed by atoms with E-state index in [4.69, 9.17) is 20.3 Å². The number of benzene rings is 1. The number of anilines is 1. The molecule has 94 valence electrons. The van der Waals surface area contributed by atoms with E-state index in [1.807, 2.05) is 0 Å². The number of rotatable bonds is 3. The van der Waals surface area contributed by atoms with Crippen molar-refractivity contribution in [2.45, 2.75) is 24.6 Å². The van der Waals surface area contributed by atoms with Crippen LogP contribution in [0.1, 0.15) is 0 Å². The minimum Gasteiger partial charge on any atom is -0.460 e. The van der Waals surface area contributed by atoms with E-state index in [2.05, 4.69) is 0 Å². The third-order valence-electron chi connectivity index (χ3n) is 2.66. The zero-order valence-corrected chi connectivity index (χ0v) is 9.06. The van der Waals surface area contributed by atoms with Gasteiger partial charge in [0.15, 0.2) is 0 Å². The standard InChI is InChI=1S/C11H15NO5/c12-6-3-1-2-4-7(6)16-11-10(15)9(14)8(5-13)17-11/h1-4,8-11,13-15H,5,12H2/t8-,9-,10-,11-/m1/s1. The molecule has 0 aliphatic carbocycles. The van der Waals surface area contributed by atoms with Gasteiger partial charge in [0.25, 0.3) is 0 Å². The third-order valence-corrected chi connectivity index (χ3v) is 2.66. The summed E-state index contributed by atoms with van der Waals surface area (Å²) in [7, 11) is 0. The molecule has 2 rings (SSSR count). The average molecular weight is 241 g/mol. The van der Waals surface area contributed by atoms with Gasteiger partial charge < -0.3 is 30.5 Å². The second-order valence-electron chi connectivity index (χ2n) is 3.86. The molecule has 0 saturated carbocycles. The number of aliphatic hydroxyl groups excluding tert-OH is 3. The van der Waals surface area contributed by atoms with E-state index in [0.717, 1.165) is 0 Å². The maximum absolute atomic E-state index is 9.66. The first-order valence-electron chi connectivity index (χ1n) is 5.27. The lowest BCUT2D eigenvalue weighted by Crippen LogP contribution is -2.35. The van der Waals surface area contributed by atoms with Crippen LogP contribution in [0.4, 0.5) is 5.69 Å². The molecule has 1 saturated heterocycles. The topological polar surface area (TPSA) is 105 Å². The summed E-state index contributed by atoms with van der Waals surface area (Å²) < 4.78 is 10.5. The van der Waals surface area contributed by atoms with E-state index >= 15 is 0 Å². The van der Waals surface area contributed by atoms with Crippen molar-refractivity contribution in [3.63, 3.8) is 0 Å². The van der Waals surface area contributed by atoms with Gasteiger partial charge in [-0.2, -0.15) is 0 Å². The van der Waals surface area contributed by atoms with Crippen molar-refractivity contribution in [3.8, 4) is 5.75 Å². The molecule has 0 unspecified atom stereocenters. The quantitative estimate of drug-likeness (QED) is 0.510. The van der Waals surface area contributed by atoms with Crippen LogP contribution in [0, 0.1) is 0 Å².